The van der Waals surface area contributed by atoms with Gasteiger partial charge in [0.1, 0.15) is 0 Å². The second-order valence-corrected chi connectivity index (χ2v) is 7.24. The molecule has 158 valence electrons. The number of phenolic OH excluding ortho intramolecular Hbond substituents is 2. The summed E-state index contributed by atoms with van der Waals surface area (Å²) in [6, 6.07) is 12.4. The first-order chi connectivity index (χ1) is 15.0. The zero-order chi connectivity index (χ0) is 21.8. The lowest BCUT2D eigenvalue weighted by molar-refractivity contribution is 0.0220. The molecule has 2 heterocycles. The molecule has 9 heteroatoms. The Morgan fingerprint density at radius 2 is 1.35 bits per heavy atom. The number of halogens is 2. The summed E-state index contributed by atoms with van der Waals surface area (Å²) in [4.78, 5) is 12.8. The van der Waals surface area contributed by atoms with Crippen LogP contribution in [-0.2, 0) is 10.3 Å². The molecule has 3 aromatic carbocycles. The first-order valence-electron chi connectivity index (χ1n) is 9.14. The molecular formula is C22H14Cl2O7. The van der Waals surface area contributed by atoms with Crippen molar-refractivity contribution in [2.75, 3.05) is 12.1 Å². The van der Waals surface area contributed by atoms with Crippen LogP contribution < -0.4 is 14.2 Å². The molecule has 7 nitrogen and oxygen atoms in total. The lowest BCUT2D eigenvalue weighted by atomic mass is 9.77. The van der Waals surface area contributed by atoms with Gasteiger partial charge in [-0.1, -0.05) is 41.4 Å². The van der Waals surface area contributed by atoms with Crippen molar-refractivity contribution in [3.8, 4) is 34.5 Å². The van der Waals surface area contributed by atoms with Gasteiger partial charge in [0, 0.05) is 5.56 Å². The third-order valence-electron chi connectivity index (χ3n) is 5.32. The molecule has 1 spiro atoms. The average Bonchev–Trinajstić information content (AvgIpc) is 3.06. The van der Waals surface area contributed by atoms with Crippen LogP contribution in [0.1, 0.15) is 27.0 Å². The predicted octanol–water partition coefficient (Wildman–Crippen LogP) is 4.82. The molecule has 3 aromatic rings. The van der Waals surface area contributed by atoms with E-state index in [4.69, 9.17) is 42.1 Å². The van der Waals surface area contributed by atoms with Gasteiger partial charge in [-0.25, -0.2) is 4.79 Å². The summed E-state index contributed by atoms with van der Waals surface area (Å²) in [7, 11) is 0. The van der Waals surface area contributed by atoms with E-state index in [0.717, 1.165) is 0 Å². The number of alkyl halides is 2. The van der Waals surface area contributed by atoms with Gasteiger partial charge in [0.15, 0.2) is 40.7 Å². The minimum absolute atomic E-state index is 0.0434. The highest BCUT2D eigenvalue weighted by Crippen LogP contribution is 2.62. The van der Waals surface area contributed by atoms with Crippen molar-refractivity contribution < 1.29 is 34.0 Å². The molecule has 0 saturated carbocycles. The molecule has 0 fully saturated rings. The number of benzene rings is 3. The number of fused-ring (bicyclic) bond motifs is 6. The van der Waals surface area contributed by atoms with Gasteiger partial charge in [-0.2, -0.15) is 0 Å². The molecule has 2 aliphatic rings. The van der Waals surface area contributed by atoms with Crippen LogP contribution in [0.4, 0.5) is 0 Å². The summed E-state index contributed by atoms with van der Waals surface area (Å²) < 4.78 is 22.9. The van der Waals surface area contributed by atoms with Gasteiger partial charge in [0.25, 0.3) is 0 Å². The van der Waals surface area contributed by atoms with Crippen molar-refractivity contribution in [3.63, 3.8) is 0 Å². The Morgan fingerprint density at radius 3 is 1.90 bits per heavy atom. The third-order valence-corrected chi connectivity index (χ3v) is 5.53. The first kappa shape index (κ1) is 19.7. The lowest BCUT2D eigenvalue weighted by Crippen LogP contribution is -2.33. The molecule has 0 unspecified atom stereocenters. The highest BCUT2D eigenvalue weighted by Gasteiger charge is 2.55. The van der Waals surface area contributed by atoms with Gasteiger partial charge in [-0.05, 0) is 30.3 Å². The fraction of sp³-hybridized carbons (Fsp3) is 0.136. The van der Waals surface area contributed by atoms with Gasteiger partial charge in [0.05, 0.1) is 16.7 Å². The van der Waals surface area contributed by atoms with E-state index in [9.17, 15) is 15.0 Å². The first-order valence-corrected chi connectivity index (χ1v) is 10.2. The lowest BCUT2D eigenvalue weighted by Gasteiger charge is -2.37. The number of carbonyl (C=O) groups excluding carboxylic acids is 1. The van der Waals surface area contributed by atoms with E-state index in [-0.39, 0.29) is 46.6 Å². The number of phenols is 2. The van der Waals surface area contributed by atoms with Gasteiger partial charge in [-0.3, -0.25) is 0 Å². The quantitative estimate of drug-likeness (QED) is 0.425. The van der Waals surface area contributed by atoms with E-state index >= 15 is 0 Å². The fourth-order valence-corrected chi connectivity index (χ4v) is 4.33. The van der Waals surface area contributed by atoms with Gasteiger partial charge in [0.2, 0.25) is 11.5 Å². The number of hydrogen-bond acceptors (Lipinski definition) is 7. The monoisotopic (exact) mass is 460 g/mol. The summed E-state index contributed by atoms with van der Waals surface area (Å²) >= 11 is 11.5. The van der Waals surface area contributed by atoms with Crippen LogP contribution in [0, 0.1) is 0 Å². The average molecular weight is 461 g/mol. The number of rotatable bonds is 4. The van der Waals surface area contributed by atoms with E-state index in [1.165, 1.54) is 12.1 Å². The Kier molecular flexibility index (Phi) is 4.53. The smallest absolute Gasteiger partial charge is 0.340 e. The molecule has 0 radical (unpaired) electrons. The molecule has 0 aliphatic carbocycles. The maximum absolute atomic E-state index is 12.8. The van der Waals surface area contributed by atoms with Gasteiger partial charge in [-0.15, -0.1) is 0 Å². The molecule has 0 saturated heterocycles. The number of aromatic hydroxyl groups is 2. The van der Waals surface area contributed by atoms with Gasteiger partial charge < -0.3 is 29.2 Å². The summed E-state index contributed by atoms with van der Waals surface area (Å²) in [5.74, 6) is -0.928. The molecule has 0 bridgehead atoms. The molecular weight excluding hydrogens is 447 g/mol. The number of ether oxygens (including phenoxy) is 4. The highest BCUT2D eigenvalue weighted by molar-refractivity contribution is 6.17. The van der Waals surface area contributed by atoms with Crippen LogP contribution in [0.2, 0.25) is 0 Å². The zero-order valence-corrected chi connectivity index (χ0v) is 17.2. The number of hydrogen-bond donors (Lipinski definition) is 2. The molecule has 5 rings (SSSR count). The maximum atomic E-state index is 12.8. The largest absolute Gasteiger partial charge is 0.504 e. The van der Waals surface area contributed by atoms with Crippen molar-refractivity contribution in [2.45, 2.75) is 5.60 Å². The molecule has 2 N–H and O–H groups in total. The summed E-state index contributed by atoms with van der Waals surface area (Å²) in [6.07, 6.45) is 0. The maximum Gasteiger partial charge on any atom is 0.340 e. The van der Waals surface area contributed by atoms with Crippen LogP contribution in [0.15, 0.2) is 48.5 Å². The van der Waals surface area contributed by atoms with E-state index in [2.05, 4.69) is 0 Å². The Balaban J connectivity index is 1.91. The Hall–Kier alpha value is -3.29. The number of esters is 1. The molecule has 2 aliphatic heterocycles. The number of carbonyl (C=O) groups is 1. The SMILES string of the molecule is O=C1OC2(c3ccccc31)c1ccc(O)c(OCCl)c1Oc1c2ccc(O)c1OCCl. The third kappa shape index (κ3) is 2.63. The summed E-state index contributed by atoms with van der Waals surface area (Å²) in [6.45, 7) is 0. The second kappa shape index (κ2) is 7.14. The highest BCUT2D eigenvalue weighted by atomic mass is 35.5. The van der Waals surface area contributed by atoms with Crippen LogP contribution in [0.25, 0.3) is 0 Å². The minimum Gasteiger partial charge on any atom is -0.504 e. The van der Waals surface area contributed by atoms with Crippen LogP contribution >= 0.6 is 23.2 Å². The summed E-state index contributed by atoms with van der Waals surface area (Å²) in [5, 5.41) is 20.8. The van der Waals surface area contributed by atoms with Crippen molar-refractivity contribution in [2.24, 2.45) is 0 Å². The van der Waals surface area contributed by atoms with E-state index < -0.39 is 11.6 Å². The molecule has 0 aromatic heterocycles. The van der Waals surface area contributed by atoms with Crippen molar-refractivity contribution in [1.29, 1.82) is 0 Å². The Labute approximate surface area is 186 Å². The topological polar surface area (TPSA) is 94.5 Å². The van der Waals surface area contributed by atoms with Crippen LogP contribution in [0.3, 0.4) is 0 Å². The predicted molar refractivity (Wildman–Crippen MR) is 111 cm³/mol. The molecule has 31 heavy (non-hydrogen) atoms. The molecule has 0 atom stereocenters. The van der Waals surface area contributed by atoms with E-state index in [1.807, 2.05) is 0 Å². The Morgan fingerprint density at radius 1 is 0.806 bits per heavy atom. The minimum atomic E-state index is -1.44. The summed E-state index contributed by atoms with van der Waals surface area (Å²) in [5.41, 5.74) is 0.336. The Bertz CT molecular complexity index is 1160. The van der Waals surface area contributed by atoms with Crippen molar-refractivity contribution in [3.05, 3.63) is 70.8 Å². The zero-order valence-electron chi connectivity index (χ0n) is 15.7. The van der Waals surface area contributed by atoms with E-state index in [0.29, 0.717) is 22.3 Å². The standard InChI is InChI=1S/C22H14Cl2O7/c23-9-28-19-15(25)7-5-13-17(19)30-18-14(6-8-16(26)20(18)29-10-24)22(13)12-4-2-1-3-11(12)21(27)31-22/h1-8,25-26H,9-10H2. The van der Waals surface area contributed by atoms with Gasteiger partial charge >= 0.3 is 5.97 Å². The normalized spacial score (nSPS) is 14.8. The van der Waals surface area contributed by atoms with Crippen molar-refractivity contribution >= 4 is 29.2 Å². The van der Waals surface area contributed by atoms with Crippen LogP contribution in [-0.4, -0.2) is 28.3 Å². The molecule has 0 amide bonds. The fourth-order valence-electron chi connectivity index (χ4n) is 4.11. The second-order valence-electron chi connectivity index (χ2n) is 6.81. The van der Waals surface area contributed by atoms with Crippen molar-refractivity contribution in [1.82, 2.24) is 0 Å². The van der Waals surface area contributed by atoms with E-state index in [1.54, 1.807) is 36.4 Å². The van der Waals surface area contributed by atoms with Crippen LogP contribution in [0.5, 0.6) is 34.5 Å².